The summed E-state index contributed by atoms with van der Waals surface area (Å²) in [6.45, 7) is 0. The zero-order valence-corrected chi connectivity index (χ0v) is 23.4. The van der Waals surface area contributed by atoms with Crippen molar-refractivity contribution < 1.29 is 8.83 Å². The van der Waals surface area contributed by atoms with Crippen LogP contribution < -0.4 is 0 Å². The van der Waals surface area contributed by atoms with E-state index in [0.29, 0.717) is 17.5 Å². The molecule has 0 saturated heterocycles. The number of hydrogen-bond acceptors (Lipinski definition) is 5. The molecule has 206 valence electrons. The molecule has 3 aromatic heterocycles. The molecule has 0 unspecified atom stereocenters. The first-order valence-corrected chi connectivity index (χ1v) is 14.5. The van der Waals surface area contributed by atoms with Crippen molar-refractivity contribution >= 4 is 43.9 Å². The largest absolute Gasteiger partial charge is 0.452 e. The van der Waals surface area contributed by atoms with E-state index >= 15 is 0 Å². The number of rotatable bonds is 4. The van der Waals surface area contributed by atoms with Crippen LogP contribution >= 0.6 is 0 Å². The fourth-order valence-electron chi connectivity index (χ4n) is 6.00. The van der Waals surface area contributed by atoms with Crippen LogP contribution in [0.5, 0.6) is 0 Å². The molecule has 0 bridgehead atoms. The fraction of sp³-hybridized carbons (Fsp3) is 0. The molecule has 5 nitrogen and oxygen atoms in total. The number of benzene rings is 6. The average molecular weight is 566 g/mol. The maximum absolute atomic E-state index is 6.60. The van der Waals surface area contributed by atoms with Gasteiger partial charge in [-0.2, -0.15) is 0 Å². The highest BCUT2D eigenvalue weighted by Gasteiger charge is 2.18. The molecule has 0 spiro atoms. The molecule has 0 N–H and O–H groups in total. The third kappa shape index (κ3) is 3.91. The lowest BCUT2D eigenvalue weighted by atomic mass is 10.0. The van der Waals surface area contributed by atoms with Crippen LogP contribution in [0, 0.1) is 0 Å². The first-order valence-electron chi connectivity index (χ1n) is 14.5. The van der Waals surface area contributed by atoms with E-state index in [-0.39, 0.29) is 0 Å². The molecule has 6 aromatic carbocycles. The van der Waals surface area contributed by atoms with Crippen LogP contribution in [0.1, 0.15) is 0 Å². The fourth-order valence-corrected chi connectivity index (χ4v) is 6.00. The van der Waals surface area contributed by atoms with Gasteiger partial charge in [0.05, 0.1) is 0 Å². The Labute approximate surface area is 252 Å². The summed E-state index contributed by atoms with van der Waals surface area (Å²) in [6.07, 6.45) is 0. The van der Waals surface area contributed by atoms with Crippen molar-refractivity contribution in [3.05, 3.63) is 140 Å². The van der Waals surface area contributed by atoms with Crippen LogP contribution in [-0.4, -0.2) is 15.0 Å². The van der Waals surface area contributed by atoms with Crippen molar-refractivity contribution in [2.75, 3.05) is 0 Å². The van der Waals surface area contributed by atoms with Gasteiger partial charge in [-0.05, 0) is 23.8 Å². The van der Waals surface area contributed by atoms with Crippen LogP contribution in [0.25, 0.3) is 89.2 Å². The highest BCUT2D eigenvalue weighted by atomic mass is 16.4. The number of nitrogens with zero attached hydrogens (tertiary/aromatic N) is 3. The van der Waals surface area contributed by atoms with Crippen LogP contribution in [0.4, 0.5) is 0 Å². The molecule has 0 fully saturated rings. The van der Waals surface area contributed by atoms with E-state index in [1.807, 2.05) is 78.9 Å². The van der Waals surface area contributed by atoms with E-state index in [1.54, 1.807) is 0 Å². The van der Waals surface area contributed by atoms with Gasteiger partial charge in [-0.3, -0.25) is 0 Å². The summed E-state index contributed by atoms with van der Waals surface area (Å²) in [5.41, 5.74) is 8.09. The van der Waals surface area contributed by atoms with Gasteiger partial charge >= 0.3 is 0 Å². The molecular weight excluding hydrogens is 542 g/mol. The molecule has 0 aliphatic carbocycles. The van der Waals surface area contributed by atoms with Crippen LogP contribution in [0.2, 0.25) is 0 Å². The molecule has 0 radical (unpaired) electrons. The van der Waals surface area contributed by atoms with Crippen molar-refractivity contribution in [2.24, 2.45) is 0 Å². The molecule has 0 aliphatic heterocycles. The molecule has 3 heterocycles. The highest BCUT2D eigenvalue weighted by molar-refractivity contribution is 6.20. The minimum absolute atomic E-state index is 0.624. The normalized spacial score (nSPS) is 11.6. The summed E-state index contributed by atoms with van der Waals surface area (Å²) in [5.74, 6) is 1.91. The van der Waals surface area contributed by atoms with E-state index in [9.17, 15) is 0 Å². The Morgan fingerprint density at radius 1 is 0.318 bits per heavy atom. The molecule has 44 heavy (non-hydrogen) atoms. The zero-order chi connectivity index (χ0) is 29.0. The Morgan fingerprint density at radius 3 is 1.45 bits per heavy atom. The van der Waals surface area contributed by atoms with Gasteiger partial charge in [-0.25, -0.2) is 15.0 Å². The van der Waals surface area contributed by atoms with Crippen molar-refractivity contribution in [3.63, 3.8) is 0 Å². The number of aromatic nitrogens is 3. The smallest absolute Gasteiger partial charge is 0.178 e. The minimum atomic E-state index is 0.624. The van der Waals surface area contributed by atoms with Gasteiger partial charge in [-0.1, -0.05) is 121 Å². The molecule has 0 atom stereocenters. The summed E-state index contributed by atoms with van der Waals surface area (Å²) in [7, 11) is 0. The lowest BCUT2D eigenvalue weighted by Gasteiger charge is -2.09. The van der Waals surface area contributed by atoms with Gasteiger partial charge in [0.1, 0.15) is 11.2 Å². The molecule has 0 amide bonds. The van der Waals surface area contributed by atoms with Gasteiger partial charge in [-0.15, -0.1) is 0 Å². The molecule has 0 saturated carbocycles. The Morgan fingerprint density at radius 2 is 0.795 bits per heavy atom. The Hall–Kier alpha value is -6.07. The van der Waals surface area contributed by atoms with Gasteiger partial charge in [0.25, 0.3) is 0 Å². The standard InChI is InChI=1S/C39H23N3O2/c1-3-10-25(11-4-1)37-40-38(26-12-5-2-6-13-26)42-39(41-37)27-20-18-24(19-21-27)28-15-9-16-30-32-23-22-31-29-14-7-8-17-33(29)43-35(31)36(32)44-34(28)30/h1-23H. The molecule has 9 rings (SSSR count). The molecule has 9 aromatic rings. The lowest BCUT2D eigenvalue weighted by Crippen LogP contribution is -2.00. The maximum Gasteiger partial charge on any atom is 0.178 e. The zero-order valence-electron chi connectivity index (χ0n) is 23.4. The van der Waals surface area contributed by atoms with Crippen LogP contribution in [0.3, 0.4) is 0 Å². The predicted molar refractivity (Wildman–Crippen MR) is 176 cm³/mol. The Kier molecular flexibility index (Phi) is 5.43. The summed E-state index contributed by atoms with van der Waals surface area (Å²) < 4.78 is 12.9. The van der Waals surface area contributed by atoms with Crippen molar-refractivity contribution in [2.45, 2.75) is 0 Å². The first-order chi connectivity index (χ1) is 21.8. The second-order valence-electron chi connectivity index (χ2n) is 10.8. The van der Waals surface area contributed by atoms with Gasteiger partial charge < -0.3 is 8.83 Å². The van der Waals surface area contributed by atoms with Crippen molar-refractivity contribution in [1.82, 2.24) is 15.0 Å². The van der Waals surface area contributed by atoms with Crippen molar-refractivity contribution in [3.8, 4) is 45.3 Å². The summed E-state index contributed by atoms with van der Waals surface area (Å²) in [5, 5.41) is 4.24. The first kappa shape index (κ1) is 24.5. The van der Waals surface area contributed by atoms with Crippen LogP contribution in [-0.2, 0) is 0 Å². The second-order valence-corrected chi connectivity index (χ2v) is 10.8. The highest BCUT2D eigenvalue weighted by Crippen LogP contribution is 2.41. The third-order valence-electron chi connectivity index (χ3n) is 8.16. The van der Waals surface area contributed by atoms with Gasteiger partial charge in [0.2, 0.25) is 0 Å². The number of para-hydroxylation sites is 2. The number of furan rings is 2. The predicted octanol–water partition coefficient (Wildman–Crippen LogP) is 10.3. The number of hydrogen-bond donors (Lipinski definition) is 0. The third-order valence-corrected chi connectivity index (χ3v) is 8.16. The van der Waals surface area contributed by atoms with Crippen LogP contribution in [0.15, 0.2) is 148 Å². The van der Waals surface area contributed by atoms with E-state index < -0.39 is 0 Å². The second kappa shape index (κ2) is 9.75. The average Bonchev–Trinajstić information content (AvgIpc) is 3.68. The lowest BCUT2D eigenvalue weighted by molar-refractivity contribution is 0.634. The van der Waals surface area contributed by atoms with Gasteiger partial charge in [0, 0.05) is 43.8 Å². The van der Waals surface area contributed by atoms with E-state index in [1.165, 1.54) is 0 Å². The number of fused-ring (bicyclic) bond motifs is 7. The summed E-state index contributed by atoms with van der Waals surface area (Å²) in [6, 6.07) is 47.0. The van der Waals surface area contributed by atoms with Gasteiger partial charge in [0.15, 0.2) is 28.6 Å². The van der Waals surface area contributed by atoms with E-state index in [4.69, 9.17) is 23.8 Å². The molecule has 5 heteroatoms. The summed E-state index contributed by atoms with van der Waals surface area (Å²) >= 11 is 0. The van der Waals surface area contributed by atoms with E-state index in [0.717, 1.165) is 71.7 Å². The molecule has 0 aliphatic rings. The maximum atomic E-state index is 6.60. The Balaban J connectivity index is 1.16. The minimum Gasteiger partial charge on any atom is -0.452 e. The summed E-state index contributed by atoms with van der Waals surface area (Å²) in [4.78, 5) is 14.6. The molecular formula is C39H23N3O2. The SMILES string of the molecule is c1ccc(-c2nc(-c3ccccc3)nc(-c3ccc(-c4cccc5c4oc4c5ccc5c6ccccc6oc54)cc3)n2)cc1. The Bertz CT molecular complexity index is 2420. The quantitative estimate of drug-likeness (QED) is 0.212. The topological polar surface area (TPSA) is 65.0 Å². The van der Waals surface area contributed by atoms with E-state index in [2.05, 4.69) is 60.7 Å². The van der Waals surface area contributed by atoms with Crippen molar-refractivity contribution in [1.29, 1.82) is 0 Å². The monoisotopic (exact) mass is 565 g/mol.